The zero-order valence-electron chi connectivity index (χ0n) is 11.8. The molecular weight excluding hydrogens is 274 g/mol. The number of nitrogens with one attached hydrogen (secondary N) is 1. The Bertz CT molecular complexity index is 919. The molecule has 0 saturated heterocycles. The van der Waals surface area contributed by atoms with Crippen LogP contribution in [0.15, 0.2) is 71.6 Å². The molecular formula is C19H15NS. The third kappa shape index (κ3) is 2.12. The molecule has 0 amide bonds. The van der Waals surface area contributed by atoms with Crippen molar-refractivity contribution in [3.63, 3.8) is 0 Å². The maximum atomic E-state index is 3.47. The van der Waals surface area contributed by atoms with Crippen molar-refractivity contribution in [2.24, 2.45) is 0 Å². The number of benzene rings is 3. The van der Waals surface area contributed by atoms with Crippen LogP contribution < -0.4 is 0 Å². The Kier molecular flexibility index (Phi) is 2.97. The highest BCUT2D eigenvalue weighted by molar-refractivity contribution is 7.98. The molecule has 1 nitrogen and oxygen atoms in total. The van der Waals surface area contributed by atoms with E-state index in [0.29, 0.717) is 0 Å². The van der Waals surface area contributed by atoms with Crippen molar-refractivity contribution >= 4 is 33.6 Å². The van der Waals surface area contributed by atoms with E-state index >= 15 is 0 Å². The number of thioether (sulfide) groups is 1. The molecule has 2 heteroatoms. The highest BCUT2D eigenvalue weighted by atomic mass is 32.2. The summed E-state index contributed by atoms with van der Waals surface area (Å²) in [5.74, 6) is 0. The van der Waals surface area contributed by atoms with Gasteiger partial charge in [0.25, 0.3) is 0 Å². The van der Waals surface area contributed by atoms with Crippen LogP contribution in [0.2, 0.25) is 0 Å². The first-order chi connectivity index (χ1) is 10.3. The minimum absolute atomic E-state index is 1.20. The first-order valence-corrected chi connectivity index (χ1v) is 8.22. The molecule has 0 spiro atoms. The molecule has 21 heavy (non-hydrogen) atoms. The highest BCUT2D eigenvalue weighted by Gasteiger charge is 2.05. The molecule has 0 bridgehead atoms. The summed E-state index contributed by atoms with van der Waals surface area (Å²) in [6.07, 6.45) is 2.10. The summed E-state index contributed by atoms with van der Waals surface area (Å²) in [6, 6.07) is 23.9. The van der Waals surface area contributed by atoms with E-state index in [-0.39, 0.29) is 0 Å². The Morgan fingerprint density at radius 3 is 2.24 bits per heavy atom. The normalized spacial score (nSPS) is 11.3. The van der Waals surface area contributed by atoms with Gasteiger partial charge >= 0.3 is 0 Å². The minimum atomic E-state index is 1.20. The minimum Gasteiger partial charge on any atom is -0.355 e. The van der Waals surface area contributed by atoms with Gasteiger partial charge in [-0.25, -0.2) is 0 Å². The topological polar surface area (TPSA) is 15.8 Å². The van der Waals surface area contributed by atoms with Crippen molar-refractivity contribution in [2.45, 2.75) is 4.90 Å². The van der Waals surface area contributed by atoms with Gasteiger partial charge in [-0.15, -0.1) is 11.8 Å². The van der Waals surface area contributed by atoms with Gasteiger partial charge in [0.15, 0.2) is 0 Å². The molecule has 0 fully saturated rings. The first-order valence-electron chi connectivity index (χ1n) is 7.00. The van der Waals surface area contributed by atoms with Gasteiger partial charge in [0.05, 0.1) is 0 Å². The third-order valence-electron chi connectivity index (χ3n) is 3.93. The van der Waals surface area contributed by atoms with Crippen molar-refractivity contribution in [2.75, 3.05) is 6.26 Å². The fraction of sp³-hybridized carbons (Fsp3) is 0.0526. The van der Waals surface area contributed by atoms with Gasteiger partial charge in [-0.1, -0.05) is 36.4 Å². The van der Waals surface area contributed by atoms with Crippen LogP contribution in [0.1, 0.15) is 0 Å². The molecule has 0 saturated carbocycles. The summed E-state index contributed by atoms with van der Waals surface area (Å²) < 4.78 is 0. The van der Waals surface area contributed by atoms with E-state index in [1.165, 1.54) is 37.8 Å². The SMILES string of the molecule is CSc1ccc(-c2ccc3[nH]c4ccccc4c3c2)cc1. The van der Waals surface area contributed by atoms with Gasteiger partial charge in [-0.05, 0) is 47.7 Å². The van der Waals surface area contributed by atoms with Crippen LogP contribution in [0.5, 0.6) is 0 Å². The second kappa shape index (κ2) is 4.97. The summed E-state index contributed by atoms with van der Waals surface area (Å²) in [5.41, 5.74) is 4.92. The van der Waals surface area contributed by atoms with Crippen molar-refractivity contribution in [1.82, 2.24) is 4.98 Å². The quantitative estimate of drug-likeness (QED) is 0.467. The second-order valence-corrected chi connectivity index (χ2v) is 6.04. The predicted octanol–water partition coefficient (Wildman–Crippen LogP) is 5.71. The Hall–Kier alpha value is -2.19. The van der Waals surface area contributed by atoms with Crippen LogP contribution in [0.3, 0.4) is 0 Å². The van der Waals surface area contributed by atoms with Crippen LogP contribution in [0.4, 0.5) is 0 Å². The van der Waals surface area contributed by atoms with E-state index in [2.05, 4.69) is 78.0 Å². The predicted molar refractivity (Wildman–Crippen MR) is 93.0 cm³/mol. The molecule has 1 heterocycles. The molecule has 0 aliphatic carbocycles. The number of hydrogen-bond acceptors (Lipinski definition) is 1. The molecule has 3 aromatic carbocycles. The molecule has 0 aliphatic rings. The number of hydrogen-bond donors (Lipinski definition) is 1. The van der Waals surface area contributed by atoms with E-state index in [1.54, 1.807) is 11.8 Å². The van der Waals surface area contributed by atoms with E-state index < -0.39 is 0 Å². The fourth-order valence-corrected chi connectivity index (χ4v) is 3.22. The van der Waals surface area contributed by atoms with Crippen LogP contribution in [0, 0.1) is 0 Å². The molecule has 0 atom stereocenters. The average molecular weight is 289 g/mol. The summed E-state index contributed by atoms with van der Waals surface area (Å²) in [4.78, 5) is 4.77. The monoisotopic (exact) mass is 289 g/mol. The second-order valence-electron chi connectivity index (χ2n) is 5.16. The summed E-state index contributed by atoms with van der Waals surface area (Å²) in [7, 11) is 0. The molecule has 0 unspecified atom stereocenters. The van der Waals surface area contributed by atoms with E-state index in [9.17, 15) is 0 Å². The van der Waals surface area contributed by atoms with Gasteiger partial charge in [-0.2, -0.15) is 0 Å². The maximum Gasteiger partial charge on any atom is 0.0465 e. The van der Waals surface area contributed by atoms with Crippen molar-refractivity contribution in [3.8, 4) is 11.1 Å². The van der Waals surface area contributed by atoms with Gasteiger partial charge < -0.3 is 4.98 Å². The standard InChI is InChI=1S/C19H15NS/c1-21-15-9-6-13(7-10-15)14-8-11-19-17(12-14)16-4-2-3-5-18(16)20-19/h2-12,20H,1H3. The molecule has 102 valence electrons. The Morgan fingerprint density at radius 1 is 0.714 bits per heavy atom. The van der Waals surface area contributed by atoms with E-state index in [1.807, 2.05) is 0 Å². The number of aromatic amines is 1. The molecule has 1 aromatic heterocycles. The van der Waals surface area contributed by atoms with E-state index in [0.717, 1.165) is 0 Å². The Morgan fingerprint density at radius 2 is 1.43 bits per heavy atom. The molecule has 4 aromatic rings. The van der Waals surface area contributed by atoms with E-state index in [4.69, 9.17) is 0 Å². The van der Waals surface area contributed by atoms with Crippen molar-refractivity contribution in [1.29, 1.82) is 0 Å². The van der Waals surface area contributed by atoms with Gasteiger partial charge in [0.1, 0.15) is 0 Å². The summed E-state index contributed by atoms with van der Waals surface area (Å²) >= 11 is 1.77. The lowest BCUT2D eigenvalue weighted by Gasteiger charge is -2.03. The summed E-state index contributed by atoms with van der Waals surface area (Å²) in [6.45, 7) is 0. The average Bonchev–Trinajstić information content (AvgIpc) is 2.93. The van der Waals surface area contributed by atoms with Gasteiger partial charge in [0.2, 0.25) is 0 Å². The number of para-hydroxylation sites is 1. The Labute approximate surface area is 128 Å². The lowest BCUT2D eigenvalue weighted by atomic mass is 10.0. The van der Waals surface area contributed by atoms with Crippen LogP contribution >= 0.6 is 11.8 Å². The zero-order valence-corrected chi connectivity index (χ0v) is 12.6. The largest absolute Gasteiger partial charge is 0.355 e. The zero-order chi connectivity index (χ0) is 14.2. The summed E-state index contributed by atoms with van der Waals surface area (Å²) in [5, 5.41) is 2.58. The lowest BCUT2D eigenvalue weighted by Crippen LogP contribution is -1.78. The molecule has 0 aliphatic heterocycles. The smallest absolute Gasteiger partial charge is 0.0465 e. The maximum absolute atomic E-state index is 3.47. The van der Waals surface area contributed by atoms with Crippen LogP contribution in [0.25, 0.3) is 32.9 Å². The number of fused-ring (bicyclic) bond motifs is 3. The first kappa shape index (κ1) is 12.5. The number of aromatic nitrogens is 1. The lowest BCUT2D eigenvalue weighted by molar-refractivity contribution is 1.46. The Balaban J connectivity index is 1.90. The van der Waals surface area contributed by atoms with Crippen molar-refractivity contribution < 1.29 is 0 Å². The fourth-order valence-electron chi connectivity index (χ4n) is 2.81. The van der Waals surface area contributed by atoms with Crippen LogP contribution in [-0.4, -0.2) is 11.2 Å². The molecule has 4 rings (SSSR count). The number of rotatable bonds is 2. The molecule has 1 N–H and O–H groups in total. The third-order valence-corrected chi connectivity index (χ3v) is 4.67. The van der Waals surface area contributed by atoms with Crippen molar-refractivity contribution in [3.05, 3.63) is 66.7 Å². The highest BCUT2D eigenvalue weighted by Crippen LogP contribution is 2.30. The van der Waals surface area contributed by atoms with Crippen LogP contribution in [-0.2, 0) is 0 Å². The van der Waals surface area contributed by atoms with Gasteiger partial charge in [-0.3, -0.25) is 0 Å². The molecule has 0 radical (unpaired) electrons. The number of H-pyrrole nitrogens is 1. The van der Waals surface area contributed by atoms with Gasteiger partial charge in [0, 0.05) is 26.7 Å².